The molecule has 1 N–H and O–H groups in total. The quantitative estimate of drug-likeness (QED) is 0.671. The first kappa shape index (κ1) is 23.0. The van der Waals surface area contributed by atoms with E-state index in [9.17, 15) is 14.4 Å². The molecule has 35 heavy (non-hydrogen) atoms. The minimum Gasteiger partial charge on any atom is -0.493 e. The summed E-state index contributed by atoms with van der Waals surface area (Å²) >= 11 is 0. The van der Waals surface area contributed by atoms with Crippen molar-refractivity contribution in [1.29, 1.82) is 0 Å². The van der Waals surface area contributed by atoms with E-state index in [4.69, 9.17) is 18.9 Å². The van der Waals surface area contributed by atoms with E-state index in [1.807, 2.05) is 25.1 Å². The average molecular weight is 481 g/mol. The minimum absolute atomic E-state index is 0.156. The highest BCUT2D eigenvalue weighted by atomic mass is 16.5. The van der Waals surface area contributed by atoms with Gasteiger partial charge in [0.05, 0.1) is 50.6 Å². The summed E-state index contributed by atoms with van der Waals surface area (Å²) in [4.78, 5) is 43.0. The van der Waals surface area contributed by atoms with E-state index in [-0.39, 0.29) is 18.8 Å². The van der Waals surface area contributed by atoms with E-state index in [0.717, 1.165) is 11.1 Å². The molecule has 0 radical (unpaired) electrons. The molecule has 2 aromatic rings. The van der Waals surface area contributed by atoms with Gasteiger partial charge in [-0.3, -0.25) is 14.4 Å². The van der Waals surface area contributed by atoms with Crippen molar-refractivity contribution < 1.29 is 33.3 Å². The van der Waals surface area contributed by atoms with E-state index < -0.39 is 41.2 Å². The maximum Gasteiger partial charge on any atom is 0.312 e. The van der Waals surface area contributed by atoms with Gasteiger partial charge in [0.25, 0.3) is 11.8 Å². The van der Waals surface area contributed by atoms with Crippen molar-refractivity contribution in [2.75, 3.05) is 32.8 Å². The standard InChI is InChI=1S/C26H28N2O7/c1-6-34-24(30)21-16-12-35-18-8-7-13(2)9-15(18)22(16)28-23(29)14-10-19(32-4)20(33-5)11-17(14)27-25(31)26(21,28)3/h7-11,16,21-22H,6,12H2,1-5H3,(H,27,31)/t16-,21-,22+,26-/m1/s1. The summed E-state index contributed by atoms with van der Waals surface area (Å²) in [6, 6.07) is 8.31. The van der Waals surface area contributed by atoms with Crippen molar-refractivity contribution in [3.8, 4) is 17.2 Å². The average Bonchev–Trinajstić information content (AvgIpc) is 3.09. The Balaban J connectivity index is 1.76. The fraction of sp³-hybridized carbons (Fsp3) is 0.423. The van der Waals surface area contributed by atoms with Crippen LogP contribution in [0.4, 0.5) is 5.69 Å². The second kappa shape index (κ2) is 8.18. The van der Waals surface area contributed by atoms with Gasteiger partial charge >= 0.3 is 5.97 Å². The van der Waals surface area contributed by atoms with Crippen molar-refractivity contribution in [3.63, 3.8) is 0 Å². The predicted octanol–water partition coefficient (Wildman–Crippen LogP) is 3.11. The number of carbonyl (C=O) groups is 3. The lowest BCUT2D eigenvalue weighted by Gasteiger charge is -2.38. The van der Waals surface area contributed by atoms with Crippen LogP contribution >= 0.6 is 0 Å². The van der Waals surface area contributed by atoms with Gasteiger partial charge in [0.1, 0.15) is 11.3 Å². The normalized spacial score (nSPS) is 26.3. The van der Waals surface area contributed by atoms with Crippen molar-refractivity contribution in [1.82, 2.24) is 4.90 Å². The van der Waals surface area contributed by atoms with Crippen molar-refractivity contribution >= 4 is 23.5 Å². The van der Waals surface area contributed by atoms with Crippen LogP contribution in [0.15, 0.2) is 30.3 Å². The molecule has 3 heterocycles. The zero-order valence-electron chi connectivity index (χ0n) is 20.3. The van der Waals surface area contributed by atoms with Crippen LogP contribution in [0.5, 0.6) is 17.2 Å². The summed E-state index contributed by atoms with van der Waals surface area (Å²) in [6.45, 7) is 5.63. The summed E-state index contributed by atoms with van der Waals surface area (Å²) in [7, 11) is 2.96. The van der Waals surface area contributed by atoms with Crippen LogP contribution in [0, 0.1) is 18.8 Å². The van der Waals surface area contributed by atoms with Crippen LogP contribution in [0.25, 0.3) is 0 Å². The zero-order chi connectivity index (χ0) is 25.1. The largest absolute Gasteiger partial charge is 0.493 e. The van der Waals surface area contributed by atoms with Gasteiger partial charge in [0.15, 0.2) is 11.5 Å². The predicted molar refractivity (Wildman–Crippen MR) is 126 cm³/mol. The smallest absolute Gasteiger partial charge is 0.312 e. The number of anilines is 1. The van der Waals surface area contributed by atoms with E-state index in [2.05, 4.69) is 5.32 Å². The fourth-order valence-electron chi connectivity index (χ4n) is 5.77. The molecular weight excluding hydrogens is 452 g/mol. The number of aryl methyl sites for hydroxylation is 1. The van der Waals surface area contributed by atoms with Crippen LogP contribution < -0.4 is 19.5 Å². The molecule has 3 aliphatic rings. The zero-order valence-corrected chi connectivity index (χ0v) is 20.3. The molecule has 0 aliphatic carbocycles. The number of carbonyl (C=O) groups excluding carboxylic acids is 3. The molecule has 184 valence electrons. The number of esters is 1. The third-order valence-electron chi connectivity index (χ3n) is 7.35. The van der Waals surface area contributed by atoms with Gasteiger partial charge in [0.2, 0.25) is 0 Å². The third kappa shape index (κ3) is 3.17. The number of nitrogens with one attached hydrogen (secondary N) is 1. The van der Waals surface area contributed by atoms with Crippen LogP contribution in [0.1, 0.15) is 41.4 Å². The Kier molecular flexibility index (Phi) is 5.38. The lowest BCUT2D eigenvalue weighted by Crippen LogP contribution is -2.57. The van der Waals surface area contributed by atoms with Gasteiger partial charge in [-0.1, -0.05) is 17.7 Å². The van der Waals surface area contributed by atoms with Gasteiger partial charge in [-0.05, 0) is 32.9 Å². The van der Waals surface area contributed by atoms with Crippen LogP contribution in [-0.2, 0) is 14.3 Å². The fourth-order valence-corrected chi connectivity index (χ4v) is 5.77. The number of benzene rings is 2. The number of amides is 2. The molecule has 2 aromatic carbocycles. The Morgan fingerprint density at radius 2 is 1.89 bits per heavy atom. The summed E-state index contributed by atoms with van der Waals surface area (Å²) in [5, 5.41) is 2.88. The highest BCUT2D eigenvalue weighted by molar-refractivity contribution is 6.14. The van der Waals surface area contributed by atoms with Crippen molar-refractivity contribution in [2.45, 2.75) is 32.4 Å². The second-order valence-corrected chi connectivity index (χ2v) is 9.22. The number of hydrogen-bond acceptors (Lipinski definition) is 7. The molecule has 9 nitrogen and oxygen atoms in total. The molecule has 5 rings (SSSR count). The number of fused-ring (bicyclic) bond motifs is 6. The summed E-state index contributed by atoms with van der Waals surface area (Å²) in [5.74, 6) is -1.42. The Labute approximate surface area is 203 Å². The van der Waals surface area contributed by atoms with Crippen molar-refractivity contribution in [2.24, 2.45) is 11.8 Å². The van der Waals surface area contributed by atoms with E-state index in [1.165, 1.54) is 14.2 Å². The first-order valence-electron chi connectivity index (χ1n) is 11.6. The first-order chi connectivity index (χ1) is 16.8. The first-order valence-corrected chi connectivity index (χ1v) is 11.6. The maximum atomic E-state index is 14.3. The molecule has 2 amide bonds. The molecule has 0 saturated carbocycles. The third-order valence-corrected chi connectivity index (χ3v) is 7.35. The number of hydrogen-bond donors (Lipinski definition) is 1. The van der Waals surface area contributed by atoms with Crippen LogP contribution in [0.3, 0.4) is 0 Å². The highest BCUT2D eigenvalue weighted by Crippen LogP contribution is 2.57. The molecule has 1 saturated heterocycles. The number of rotatable bonds is 4. The highest BCUT2D eigenvalue weighted by Gasteiger charge is 2.67. The van der Waals surface area contributed by atoms with Gasteiger partial charge < -0.3 is 29.2 Å². The van der Waals surface area contributed by atoms with Gasteiger partial charge in [-0.2, -0.15) is 0 Å². The molecule has 4 atom stereocenters. The number of methoxy groups -OCH3 is 2. The lowest BCUT2D eigenvalue weighted by molar-refractivity contribution is -0.155. The Bertz CT molecular complexity index is 1240. The maximum absolute atomic E-state index is 14.3. The molecule has 0 bridgehead atoms. The monoisotopic (exact) mass is 480 g/mol. The summed E-state index contributed by atoms with van der Waals surface area (Å²) in [5.41, 5.74) is 0.775. The van der Waals surface area contributed by atoms with Gasteiger partial charge in [0, 0.05) is 17.5 Å². The van der Waals surface area contributed by atoms with E-state index in [1.54, 1.807) is 30.9 Å². The Hall–Kier alpha value is -3.75. The number of nitrogens with zero attached hydrogens (tertiary/aromatic N) is 1. The van der Waals surface area contributed by atoms with Crippen molar-refractivity contribution in [3.05, 3.63) is 47.0 Å². The Morgan fingerprint density at radius 3 is 2.57 bits per heavy atom. The molecule has 3 aliphatic heterocycles. The molecule has 0 aromatic heterocycles. The molecule has 1 fully saturated rings. The minimum atomic E-state index is -1.52. The van der Waals surface area contributed by atoms with Crippen LogP contribution in [0.2, 0.25) is 0 Å². The lowest BCUT2D eigenvalue weighted by atomic mass is 9.77. The second-order valence-electron chi connectivity index (χ2n) is 9.22. The molecule has 0 unspecified atom stereocenters. The van der Waals surface area contributed by atoms with E-state index in [0.29, 0.717) is 22.9 Å². The van der Waals surface area contributed by atoms with Crippen LogP contribution in [-0.4, -0.2) is 55.7 Å². The molecular formula is C26H28N2O7. The topological polar surface area (TPSA) is 103 Å². The molecule has 9 heteroatoms. The summed E-state index contributed by atoms with van der Waals surface area (Å²) in [6.07, 6.45) is 0. The van der Waals surface area contributed by atoms with Gasteiger partial charge in [-0.25, -0.2) is 0 Å². The number of ether oxygens (including phenoxy) is 4. The molecule has 0 spiro atoms. The SMILES string of the molecule is CCOC(=O)[C@H]1[C@H]2COc3ccc(C)cc3[C@@H]2N2C(=O)c3cc(OC)c(OC)cc3NC(=O)[C@@]12C. The summed E-state index contributed by atoms with van der Waals surface area (Å²) < 4.78 is 22.2. The Morgan fingerprint density at radius 1 is 1.17 bits per heavy atom. The van der Waals surface area contributed by atoms with Gasteiger partial charge in [-0.15, -0.1) is 0 Å². The van der Waals surface area contributed by atoms with E-state index >= 15 is 0 Å².